The molecule has 1 aliphatic rings. The third-order valence-corrected chi connectivity index (χ3v) is 4.49. The van der Waals surface area contributed by atoms with Crippen LogP contribution in [0.15, 0.2) is 53.6 Å². The van der Waals surface area contributed by atoms with Crippen molar-refractivity contribution in [1.82, 2.24) is 0 Å². The highest BCUT2D eigenvalue weighted by Gasteiger charge is 2.32. The Balaban J connectivity index is 1.88. The number of carboxylic acids is 1. The number of allylic oxidation sites excluding steroid dienone is 2. The molecule has 0 aromatic heterocycles. The second-order valence-corrected chi connectivity index (χ2v) is 6.12. The molecule has 0 radical (unpaired) electrons. The second-order valence-electron chi connectivity index (χ2n) is 5.64. The highest BCUT2D eigenvalue weighted by atomic mass is 35.5. The molecule has 0 heterocycles. The Kier molecular flexibility index (Phi) is 4.35. The van der Waals surface area contributed by atoms with Gasteiger partial charge in [0, 0.05) is 28.0 Å². The Labute approximate surface area is 138 Å². The largest absolute Gasteiger partial charge is 0.550 e. The fourth-order valence-corrected chi connectivity index (χ4v) is 3.21. The molecule has 1 aliphatic carbocycles. The standard InChI is InChI=1S/C18H16ClNO3/c19-12-8-9-14(18(22)23)15(10-12)17(21)20-16-7-3-5-11-4-1-2-6-13(11)16/h1-8,14-15H,9-10H2,(H,20,21)(H,22,23)/p-1/t14-,15+/m0/s1. The number of nitrogens with one attached hydrogen (secondary N) is 1. The molecule has 0 fully saturated rings. The summed E-state index contributed by atoms with van der Waals surface area (Å²) < 4.78 is 0. The summed E-state index contributed by atoms with van der Waals surface area (Å²) in [4.78, 5) is 23.9. The monoisotopic (exact) mass is 328 g/mol. The quantitative estimate of drug-likeness (QED) is 0.941. The Morgan fingerprint density at radius 3 is 2.61 bits per heavy atom. The topological polar surface area (TPSA) is 69.2 Å². The molecule has 1 N–H and O–H groups in total. The van der Waals surface area contributed by atoms with E-state index in [1.54, 1.807) is 12.1 Å². The van der Waals surface area contributed by atoms with Gasteiger partial charge in [-0.3, -0.25) is 4.79 Å². The van der Waals surface area contributed by atoms with E-state index in [1.807, 2.05) is 36.4 Å². The maximum absolute atomic E-state index is 12.6. The number of aliphatic carboxylic acids is 1. The first-order valence-electron chi connectivity index (χ1n) is 7.40. The summed E-state index contributed by atoms with van der Waals surface area (Å²) in [5.41, 5.74) is 0.663. The zero-order valence-electron chi connectivity index (χ0n) is 12.3. The molecular formula is C18H15ClNO3-. The van der Waals surface area contributed by atoms with Gasteiger partial charge >= 0.3 is 0 Å². The van der Waals surface area contributed by atoms with E-state index in [-0.39, 0.29) is 18.7 Å². The van der Waals surface area contributed by atoms with Gasteiger partial charge in [0.2, 0.25) is 5.91 Å². The number of fused-ring (bicyclic) bond motifs is 1. The van der Waals surface area contributed by atoms with Crippen molar-refractivity contribution in [1.29, 1.82) is 0 Å². The van der Waals surface area contributed by atoms with Crippen LogP contribution in [-0.2, 0) is 9.59 Å². The van der Waals surface area contributed by atoms with Crippen LogP contribution < -0.4 is 10.4 Å². The molecule has 2 atom stereocenters. The lowest BCUT2D eigenvalue weighted by Crippen LogP contribution is -2.42. The number of carbonyl (C=O) groups is 2. The maximum Gasteiger partial charge on any atom is 0.228 e. The fraction of sp³-hybridized carbons (Fsp3) is 0.222. The van der Waals surface area contributed by atoms with E-state index in [0.29, 0.717) is 10.7 Å². The number of rotatable bonds is 3. The van der Waals surface area contributed by atoms with Gasteiger partial charge in [-0.25, -0.2) is 0 Å². The van der Waals surface area contributed by atoms with Crippen molar-refractivity contribution in [2.45, 2.75) is 12.8 Å². The van der Waals surface area contributed by atoms with Gasteiger partial charge in [-0.15, -0.1) is 0 Å². The second kappa shape index (κ2) is 6.42. The Hall–Kier alpha value is -2.33. The van der Waals surface area contributed by atoms with E-state index in [1.165, 1.54) is 0 Å². The lowest BCUT2D eigenvalue weighted by molar-refractivity contribution is -0.313. The lowest BCUT2D eigenvalue weighted by Gasteiger charge is -2.29. The number of carbonyl (C=O) groups excluding carboxylic acids is 2. The Morgan fingerprint density at radius 1 is 1.09 bits per heavy atom. The highest BCUT2D eigenvalue weighted by molar-refractivity contribution is 6.29. The van der Waals surface area contributed by atoms with Gasteiger partial charge in [-0.1, -0.05) is 54.1 Å². The van der Waals surface area contributed by atoms with Crippen LogP contribution in [0.4, 0.5) is 5.69 Å². The number of anilines is 1. The molecule has 118 valence electrons. The van der Waals surface area contributed by atoms with Gasteiger partial charge in [-0.05, 0) is 24.3 Å². The molecule has 0 spiro atoms. The molecule has 3 rings (SSSR count). The molecule has 1 amide bonds. The van der Waals surface area contributed by atoms with Crippen molar-refractivity contribution >= 4 is 39.9 Å². The Bertz CT molecular complexity index is 794. The van der Waals surface area contributed by atoms with Crippen LogP contribution in [0.2, 0.25) is 0 Å². The van der Waals surface area contributed by atoms with Crippen LogP contribution >= 0.6 is 11.6 Å². The van der Waals surface area contributed by atoms with Gasteiger partial charge < -0.3 is 15.2 Å². The van der Waals surface area contributed by atoms with Crippen LogP contribution in [0.1, 0.15) is 12.8 Å². The molecule has 0 saturated heterocycles. The molecular weight excluding hydrogens is 314 g/mol. The SMILES string of the molecule is O=C([O-])[C@H]1CC=C(Cl)C[C@H]1C(=O)Nc1cccc2ccccc12. The van der Waals surface area contributed by atoms with E-state index in [0.717, 1.165) is 10.8 Å². The van der Waals surface area contributed by atoms with Crippen molar-refractivity contribution in [2.75, 3.05) is 5.32 Å². The summed E-state index contributed by atoms with van der Waals surface area (Å²) in [5.74, 6) is -3.14. The molecule has 23 heavy (non-hydrogen) atoms. The maximum atomic E-state index is 12.6. The first-order chi connectivity index (χ1) is 11.1. The fourth-order valence-electron chi connectivity index (χ4n) is 2.95. The lowest BCUT2D eigenvalue weighted by atomic mass is 9.82. The summed E-state index contributed by atoms with van der Waals surface area (Å²) in [6, 6.07) is 13.3. The predicted molar refractivity (Wildman–Crippen MR) is 87.7 cm³/mol. The average molecular weight is 329 g/mol. The van der Waals surface area contributed by atoms with Gasteiger partial charge in [0.15, 0.2) is 0 Å². The van der Waals surface area contributed by atoms with Crippen molar-refractivity contribution in [3.8, 4) is 0 Å². The summed E-state index contributed by atoms with van der Waals surface area (Å²) in [6.45, 7) is 0. The third kappa shape index (κ3) is 3.22. The number of carboxylic acid groups (broad SMARTS) is 1. The summed E-state index contributed by atoms with van der Waals surface area (Å²) in [6.07, 6.45) is 2.08. The van der Waals surface area contributed by atoms with Gasteiger partial charge in [0.25, 0.3) is 0 Å². The molecule has 0 aliphatic heterocycles. The summed E-state index contributed by atoms with van der Waals surface area (Å²) in [7, 11) is 0. The molecule has 4 nitrogen and oxygen atoms in total. The molecule has 0 bridgehead atoms. The molecule has 5 heteroatoms. The summed E-state index contributed by atoms with van der Waals surface area (Å²) >= 11 is 5.99. The zero-order chi connectivity index (χ0) is 16.4. The number of hydrogen-bond donors (Lipinski definition) is 1. The van der Waals surface area contributed by atoms with E-state index in [2.05, 4.69) is 5.32 Å². The smallest absolute Gasteiger partial charge is 0.228 e. The van der Waals surface area contributed by atoms with Crippen molar-refractivity contribution in [3.05, 3.63) is 53.6 Å². The van der Waals surface area contributed by atoms with E-state index < -0.39 is 17.8 Å². The minimum Gasteiger partial charge on any atom is -0.550 e. The van der Waals surface area contributed by atoms with Gasteiger partial charge in [-0.2, -0.15) is 0 Å². The van der Waals surface area contributed by atoms with Crippen LogP contribution in [0.3, 0.4) is 0 Å². The number of amides is 1. The Morgan fingerprint density at radius 2 is 1.83 bits per heavy atom. The normalized spacial score (nSPS) is 20.8. The molecule has 2 aromatic rings. The first kappa shape index (κ1) is 15.6. The first-order valence-corrected chi connectivity index (χ1v) is 7.78. The average Bonchev–Trinajstić information content (AvgIpc) is 2.54. The number of halogens is 1. The van der Waals surface area contributed by atoms with Gasteiger partial charge in [0.1, 0.15) is 0 Å². The van der Waals surface area contributed by atoms with E-state index in [4.69, 9.17) is 11.6 Å². The van der Waals surface area contributed by atoms with Crippen molar-refractivity contribution in [3.63, 3.8) is 0 Å². The van der Waals surface area contributed by atoms with Crippen molar-refractivity contribution in [2.24, 2.45) is 11.8 Å². The van der Waals surface area contributed by atoms with Crippen LogP contribution in [0.25, 0.3) is 10.8 Å². The van der Waals surface area contributed by atoms with Crippen LogP contribution in [-0.4, -0.2) is 11.9 Å². The third-order valence-electron chi connectivity index (χ3n) is 4.18. The predicted octanol–water partition coefficient (Wildman–Crippen LogP) is 2.68. The van der Waals surface area contributed by atoms with E-state index >= 15 is 0 Å². The van der Waals surface area contributed by atoms with Crippen molar-refractivity contribution < 1.29 is 14.7 Å². The molecule has 0 saturated carbocycles. The number of hydrogen-bond acceptors (Lipinski definition) is 3. The van der Waals surface area contributed by atoms with Crippen LogP contribution in [0, 0.1) is 11.8 Å². The molecule has 0 unspecified atom stereocenters. The number of benzene rings is 2. The highest BCUT2D eigenvalue weighted by Crippen LogP contribution is 2.33. The minimum atomic E-state index is -1.22. The van der Waals surface area contributed by atoms with E-state index in [9.17, 15) is 14.7 Å². The molecule has 2 aromatic carbocycles. The minimum absolute atomic E-state index is 0.217. The van der Waals surface area contributed by atoms with Crippen LogP contribution in [0.5, 0.6) is 0 Å². The zero-order valence-corrected chi connectivity index (χ0v) is 13.0. The summed E-state index contributed by atoms with van der Waals surface area (Å²) in [5, 5.41) is 16.5. The van der Waals surface area contributed by atoms with Gasteiger partial charge in [0.05, 0.1) is 5.92 Å².